The number of nitrogens with zero attached hydrogens (tertiary/aromatic N) is 2. The number of aryl methyl sites for hydroxylation is 1. The number of hydrogen-bond donors (Lipinski definition) is 0. The van der Waals surface area contributed by atoms with E-state index in [9.17, 15) is 0 Å². The molecule has 0 amide bonds. The van der Waals surface area contributed by atoms with Gasteiger partial charge in [0.15, 0.2) is 0 Å². The fraction of sp³-hybridized carbons (Fsp3) is 0.208. The zero-order valence-electron chi connectivity index (χ0n) is 16.8. The van der Waals surface area contributed by atoms with Crippen LogP contribution in [0.2, 0.25) is 5.02 Å². The van der Waals surface area contributed by atoms with Gasteiger partial charge < -0.3 is 18.8 Å². The summed E-state index contributed by atoms with van der Waals surface area (Å²) in [5.41, 5.74) is 2.06. The van der Waals surface area contributed by atoms with Crippen molar-refractivity contribution in [2.45, 2.75) is 19.6 Å². The van der Waals surface area contributed by atoms with Crippen LogP contribution in [0, 0.1) is 0 Å². The normalized spacial score (nSPS) is 10.9. The molecule has 0 aliphatic carbocycles. The number of imidazole rings is 1. The number of rotatable bonds is 9. The molecule has 0 spiro atoms. The van der Waals surface area contributed by atoms with Crippen molar-refractivity contribution in [2.75, 3.05) is 13.7 Å². The van der Waals surface area contributed by atoms with Gasteiger partial charge in [0, 0.05) is 11.6 Å². The van der Waals surface area contributed by atoms with E-state index in [2.05, 4.69) is 10.6 Å². The lowest BCUT2D eigenvalue weighted by atomic mass is 10.3. The molecule has 0 unspecified atom stereocenters. The number of hydrogen-bond acceptors (Lipinski definition) is 4. The van der Waals surface area contributed by atoms with Crippen molar-refractivity contribution in [2.24, 2.45) is 0 Å². The summed E-state index contributed by atoms with van der Waals surface area (Å²) in [6, 6.07) is 23.1. The third kappa shape index (κ3) is 4.86. The van der Waals surface area contributed by atoms with Gasteiger partial charge in [-0.05, 0) is 67.1 Å². The molecule has 3 aromatic carbocycles. The predicted octanol–water partition coefficient (Wildman–Crippen LogP) is 5.75. The summed E-state index contributed by atoms with van der Waals surface area (Å²) in [4.78, 5) is 4.77. The maximum atomic E-state index is 5.97. The summed E-state index contributed by atoms with van der Waals surface area (Å²) in [6.45, 7) is 1.78. The van der Waals surface area contributed by atoms with Crippen LogP contribution in [0.25, 0.3) is 11.0 Å². The van der Waals surface area contributed by atoms with Gasteiger partial charge in [-0.1, -0.05) is 23.7 Å². The topological polar surface area (TPSA) is 45.5 Å². The van der Waals surface area contributed by atoms with Gasteiger partial charge in [0.1, 0.15) is 29.7 Å². The van der Waals surface area contributed by atoms with Gasteiger partial charge in [0.2, 0.25) is 0 Å². The Balaban J connectivity index is 1.42. The minimum atomic E-state index is 0.388. The summed E-state index contributed by atoms with van der Waals surface area (Å²) in [5.74, 6) is 3.28. The van der Waals surface area contributed by atoms with Gasteiger partial charge in [0.25, 0.3) is 0 Å². The van der Waals surface area contributed by atoms with Crippen LogP contribution in [0.15, 0.2) is 72.8 Å². The Morgan fingerprint density at radius 1 is 0.833 bits per heavy atom. The molecule has 0 bridgehead atoms. The second-order valence-corrected chi connectivity index (χ2v) is 7.22. The monoisotopic (exact) mass is 422 g/mol. The molecule has 0 saturated carbocycles. The highest BCUT2D eigenvalue weighted by molar-refractivity contribution is 6.30. The second-order valence-electron chi connectivity index (χ2n) is 6.79. The summed E-state index contributed by atoms with van der Waals surface area (Å²) in [7, 11) is 1.65. The minimum absolute atomic E-state index is 0.388. The lowest BCUT2D eigenvalue weighted by Crippen LogP contribution is -2.10. The third-order valence-corrected chi connectivity index (χ3v) is 5.02. The molecular formula is C24H23ClN2O3. The molecule has 0 atom stereocenters. The average molecular weight is 423 g/mol. The Hall–Kier alpha value is -3.18. The lowest BCUT2D eigenvalue weighted by Gasteiger charge is -2.12. The first-order chi connectivity index (χ1) is 14.7. The zero-order chi connectivity index (χ0) is 20.8. The zero-order valence-corrected chi connectivity index (χ0v) is 17.5. The second kappa shape index (κ2) is 9.55. The smallest absolute Gasteiger partial charge is 0.147 e. The Morgan fingerprint density at radius 3 is 2.27 bits per heavy atom. The molecule has 6 heteroatoms. The van der Waals surface area contributed by atoms with Crippen molar-refractivity contribution >= 4 is 22.6 Å². The number of para-hydroxylation sites is 2. The quantitative estimate of drug-likeness (QED) is 0.322. The fourth-order valence-electron chi connectivity index (χ4n) is 3.25. The van der Waals surface area contributed by atoms with Crippen molar-refractivity contribution in [1.29, 1.82) is 0 Å². The summed E-state index contributed by atoms with van der Waals surface area (Å²) in [5, 5.41) is 0.703. The highest BCUT2D eigenvalue weighted by Crippen LogP contribution is 2.21. The molecule has 0 aliphatic heterocycles. The fourth-order valence-corrected chi connectivity index (χ4v) is 3.37. The van der Waals surface area contributed by atoms with Crippen LogP contribution in [0.4, 0.5) is 0 Å². The number of fused-ring (bicyclic) bond motifs is 1. The van der Waals surface area contributed by atoms with E-state index in [1.165, 1.54) is 0 Å². The Kier molecular flexibility index (Phi) is 6.40. The molecule has 30 heavy (non-hydrogen) atoms. The number of ether oxygens (including phenoxy) is 3. The van der Waals surface area contributed by atoms with E-state index in [-0.39, 0.29) is 0 Å². The molecule has 0 radical (unpaired) electrons. The molecule has 0 fully saturated rings. The van der Waals surface area contributed by atoms with E-state index in [4.69, 9.17) is 30.8 Å². The third-order valence-electron chi connectivity index (χ3n) is 4.77. The van der Waals surface area contributed by atoms with Gasteiger partial charge in [-0.15, -0.1) is 0 Å². The van der Waals surface area contributed by atoms with Crippen LogP contribution in [0.1, 0.15) is 12.2 Å². The molecule has 0 aliphatic rings. The average Bonchev–Trinajstić information content (AvgIpc) is 3.14. The molecule has 1 heterocycles. The number of halogens is 1. The largest absolute Gasteiger partial charge is 0.497 e. The summed E-state index contributed by atoms with van der Waals surface area (Å²) >= 11 is 5.92. The van der Waals surface area contributed by atoms with E-state index in [0.29, 0.717) is 18.2 Å². The Labute approximate surface area is 180 Å². The van der Waals surface area contributed by atoms with Crippen molar-refractivity contribution in [1.82, 2.24) is 9.55 Å². The van der Waals surface area contributed by atoms with Crippen molar-refractivity contribution < 1.29 is 14.2 Å². The van der Waals surface area contributed by atoms with Gasteiger partial charge in [-0.25, -0.2) is 4.98 Å². The Morgan fingerprint density at radius 2 is 1.50 bits per heavy atom. The summed E-state index contributed by atoms with van der Waals surface area (Å²) < 4.78 is 19.2. The van der Waals surface area contributed by atoms with E-state index >= 15 is 0 Å². The van der Waals surface area contributed by atoms with Crippen LogP contribution < -0.4 is 14.2 Å². The van der Waals surface area contributed by atoms with E-state index < -0.39 is 0 Å². The lowest BCUT2D eigenvalue weighted by molar-refractivity contribution is 0.280. The molecule has 1 aromatic heterocycles. The molecular weight excluding hydrogens is 400 g/mol. The predicted molar refractivity (Wildman–Crippen MR) is 119 cm³/mol. The first-order valence-electron chi connectivity index (χ1n) is 9.82. The van der Waals surface area contributed by atoms with Crippen LogP contribution in [-0.2, 0) is 13.2 Å². The maximum Gasteiger partial charge on any atom is 0.147 e. The molecule has 0 saturated heterocycles. The van der Waals surface area contributed by atoms with Crippen LogP contribution in [0.3, 0.4) is 0 Å². The minimum Gasteiger partial charge on any atom is -0.497 e. The highest BCUT2D eigenvalue weighted by Gasteiger charge is 2.11. The standard InChI is InChI=1S/C24H23ClN2O3/c1-28-19-11-13-21(14-12-19)30-17-24-26-22-5-2-3-6-23(22)27(24)15-4-16-29-20-9-7-18(25)8-10-20/h2-3,5-14H,4,15-17H2,1H3. The van der Waals surface area contributed by atoms with Gasteiger partial charge in [-0.2, -0.15) is 0 Å². The number of aromatic nitrogens is 2. The number of benzene rings is 3. The van der Waals surface area contributed by atoms with Crippen molar-refractivity contribution in [3.8, 4) is 17.2 Å². The first kappa shape index (κ1) is 20.1. The van der Waals surface area contributed by atoms with Crippen molar-refractivity contribution in [3.05, 3.63) is 83.6 Å². The van der Waals surface area contributed by atoms with Gasteiger partial charge in [-0.3, -0.25) is 0 Å². The SMILES string of the molecule is COc1ccc(OCc2nc3ccccc3n2CCCOc2ccc(Cl)cc2)cc1. The molecule has 154 valence electrons. The molecule has 4 aromatic rings. The highest BCUT2D eigenvalue weighted by atomic mass is 35.5. The maximum absolute atomic E-state index is 5.97. The van der Waals surface area contributed by atoms with Gasteiger partial charge >= 0.3 is 0 Å². The van der Waals surface area contributed by atoms with Crippen LogP contribution in [0.5, 0.6) is 17.2 Å². The van der Waals surface area contributed by atoms with E-state index in [1.807, 2.05) is 66.7 Å². The molecule has 5 nitrogen and oxygen atoms in total. The molecule has 0 N–H and O–H groups in total. The van der Waals surface area contributed by atoms with Crippen LogP contribution in [-0.4, -0.2) is 23.3 Å². The first-order valence-corrected chi connectivity index (χ1v) is 10.2. The number of methoxy groups -OCH3 is 1. The van der Waals surface area contributed by atoms with Crippen molar-refractivity contribution in [3.63, 3.8) is 0 Å². The van der Waals surface area contributed by atoms with Crippen LogP contribution >= 0.6 is 11.6 Å². The molecule has 4 rings (SSSR count). The summed E-state index contributed by atoms with van der Waals surface area (Å²) in [6.07, 6.45) is 0.846. The van der Waals surface area contributed by atoms with Gasteiger partial charge in [0.05, 0.1) is 24.8 Å². The van der Waals surface area contributed by atoms with E-state index in [1.54, 1.807) is 7.11 Å². The van der Waals surface area contributed by atoms with E-state index in [0.717, 1.165) is 47.1 Å². The Bertz CT molecular complexity index is 1090.